The average Bonchev–Trinajstić information content (AvgIpc) is 0.825. The standard InChI is InChI=1S/C58H105N8O30P.2C2H6/c1-34(70)62-45-51(79)48(76)39(31-67)94-56(45)90-28-25-87-22-15-42(73)59-18-10-7-13-37(54(82)61-20-9-5-6-12-21-93-97(84,85)86-4)66-55(83)38(65-44(75)17-24-89-27-30-92-58-47(64-36(3)72)53(81)50(78)41(33-69)96-58)14-8-11-19-60-43(74)16-23-88-26-29-91-57-46(63-35(2)71)52(80)49(77)40(32-68)95-57;2*1-2/h37-41,45-53,56-58,67-69,76-81H,5-33H2,1-4H3,(H,59,73)(H,60,74)(H,61,82)(H,62,70)(H,63,71)(H,64,72)(H,65,75)(H,66,83)(H,84,85);2*1-2H3/t37-,38-,39?,40?,41?,45?,46?,47?,48?,49?,50?,51?,52?,53?,56?,57?,58?;;/m0../s1. The monoisotopic (exact) mass is 1480 g/mol. The molecule has 0 aliphatic carbocycles. The van der Waals surface area contributed by atoms with Crippen molar-refractivity contribution in [1.29, 1.82) is 0 Å². The molecule has 0 aromatic heterocycles. The molecule has 101 heavy (non-hydrogen) atoms. The molecule has 16 unspecified atom stereocenters. The van der Waals surface area contributed by atoms with Gasteiger partial charge >= 0.3 is 7.82 Å². The first-order valence-electron chi connectivity index (χ1n) is 34.5. The molecule has 8 amide bonds. The molecule has 0 bridgehead atoms. The lowest BCUT2D eigenvalue weighted by Crippen LogP contribution is -2.64. The van der Waals surface area contributed by atoms with Crippen LogP contribution in [0.4, 0.5) is 0 Å². The lowest BCUT2D eigenvalue weighted by Gasteiger charge is -2.42. The zero-order chi connectivity index (χ0) is 75.9. The molecule has 0 aromatic carbocycles. The topological polar surface area (TPSA) is 554 Å². The van der Waals surface area contributed by atoms with Crippen molar-refractivity contribution in [2.24, 2.45) is 0 Å². The molecule has 590 valence electrons. The van der Waals surface area contributed by atoms with E-state index < -0.39 is 167 Å². The molecule has 38 nitrogen and oxygen atoms in total. The van der Waals surface area contributed by atoms with Gasteiger partial charge in [-0.05, 0) is 51.4 Å². The Hall–Kier alpha value is -4.85. The van der Waals surface area contributed by atoms with E-state index in [1.54, 1.807) is 0 Å². The van der Waals surface area contributed by atoms with E-state index in [0.29, 0.717) is 44.9 Å². The maximum Gasteiger partial charge on any atom is 0.471 e. The number of phosphoric ester groups is 1. The van der Waals surface area contributed by atoms with Gasteiger partial charge < -0.3 is 136 Å². The molecule has 3 saturated heterocycles. The number of carbonyl (C=O) groups excluding carboxylic acids is 8. The highest BCUT2D eigenvalue weighted by atomic mass is 31.2. The fourth-order valence-corrected chi connectivity index (χ4v) is 10.6. The molecular weight excluding hydrogens is 1370 g/mol. The predicted octanol–water partition coefficient (Wildman–Crippen LogP) is -4.88. The number of phosphoric acid groups is 1. The van der Waals surface area contributed by atoms with Gasteiger partial charge in [0, 0.05) is 66.8 Å². The number of aliphatic hydroxyl groups excluding tert-OH is 9. The SMILES string of the molecule is CC.CC.COP(=O)(O)OCCCCCCNC(=O)[C@H](CCCCNC(=O)CCOCCOC1OC(CO)C(O)C(O)C1NC(C)=O)NC(=O)[C@H](CCCCNC(=O)CCOCCOC1OC(CO)C(O)C(O)C1NC(C)=O)NC(=O)CCOCCOC1OC(CO)C(O)C(O)C1NC(C)=O. The Kier molecular flexibility index (Phi) is 51.0. The summed E-state index contributed by atoms with van der Waals surface area (Å²) >= 11 is 0. The number of amides is 8. The summed E-state index contributed by atoms with van der Waals surface area (Å²) in [4.78, 5) is 112. The van der Waals surface area contributed by atoms with Gasteiger partial charge in [0.1, 0.15) is 85.1 Å². The quantitative estimate of drug-likeness (QED) is 0.0201. The number of rotatable bonds is 50. The lowest BCUT2D eigenvalue weighted by atomic mass is 9.97. The highest BCUT2D eigenvalue weighted by molar-refractivity contribution is 7.47. The lowest BCUT2D eigenvalue weighted by molar-refractivity contribution is -0.272. The average molecular weight is 1490 g/mol. The van der Waals surface area contributed by atoms with Crippen molar-refractivity contribution in [3.63, 3.8) is 0 Å². The minimum atomic E-state index is -4.14. The Labute approximate surface area is 589 Å². The minimum absolute atomic E-state index is 0.0244. The second-order valence-electron chi connectivity index (χ2n) is 23.1. The molecule has 0 saturated carbocycles. The first kappa shape index (κ1) is 94.2. The Morgan fingerprint density at radius 1 is 0.416 bits per heavy atom. The smallest absolute Gasteiger partial charge is 0.394 e. The molecule has 0 aromatic rings. The van der Waals surface area contributed by atoms with Gasteiger partial charge in [-0.1, -0.05) is 40.5 Å². The second kappa shape index (κ2) is 54.7. The highest BCUT2D eigenvalue weighted by Crippen LogP contribution is 2.42. The maximum atomic E-state index is 14.2. The molecule has 3 fully saturated rings. The summed E-state index contributed by atoms with van der Waals surface area (Å²) in [5.41, 5.74) is 0. The van der Waals surface area contributed by atoms with Crippen LogP contribution >= 0.6 is 7.82 Å². The van der Waals surface area contributed by atoms with Crippen LogP contribution in [-0.2, 0) is 94.6 Å². The summed E-state index contributed by atoms with van der Waals surface area (Å²) in [6.45, 7) is 9.31. The van der Waals surface area contributed by atoms with E-state index in [4.69, 9.17) is 47.2 Å². The molecule has 18 N–H and O–H groups in total. The van der Waals surface area contributed by atoms with Gasteiger partial charge in [-0.15, -0.1) is 0 Å². The molecule has 0 spiro atoms. The molecule has 3 aliphatic heterocycles. The molecule has 18 atom stereocenters. The number of carbonyl (C=O) groups is 8. The Bertz CT molecular complexity index is 2380. The van der Waals surface area contributed by atoms with Gasteiger partial charge in [0.05, 0.1) is 85.9 Å². The molecule has 39 heteroatoms. The third-order valence-electron chi connectivity index (χ3n) is 15.3. The first-order valence-corrected chi connectivity index (χ1v) is 36.0. The number of unbranched alkanes of at least 4 members (excludes halogenated alkanes) is 5. The van der Waals surface area contributed by atoms with Crippen molar-refractivity contribution in [3.8, 4) is 0 Å². The number of hydrogen-bond acceptors (Lipinski definition) is 29. The van der Waals surface area contributed by atoms with Crippen LogP contribution in [0.25, 0.3) is 0 Å². The highest BCUT2D eigenvalue weighted by Gasteiger charge is 2.48. The van der Waals surface area contributed by atoms with Gasteiger partial charge in [-0.2, -0.15) is 0 Å². The van der Waals surface area contributed by atoms with Gasteiger partial charge in [0.25, 0.3) is 0 Å². The minimum Gasteiger partial charge on any atom is -0.394 e. The number of nitrogens with one attached hydrogen (secondary N) is 8. The summed E-state index contributed by atoms with van der Waals surface area (Å²) < 4.78 is 71.0. The number of aliphatic hydroxyl groups is 9. The van der Waals surface area contributed by atoms with E-state index in [1.165, 1.54) is 20.8 Å². The third-order valence-corrected chi connectivity index (χ3v) is 16.3. The van der Waals surface area contributed by atoms with Crippen LogP contribution in [-0.4, -0.2) is 315 Å². The van der Waals surface area contributed by atoms with Gasteiger partial charge in [0.15, 0.2) is 18.9 Å². The van der Waals surface area contributed by atoms with Crippen molar-refractivity contribution in [3.05, 3.63) is 0 Å². The Balaban J connectivity index is 0.0000125. The largest absolute Gasteiger partial charge is 0.471 e. The number of hydrogen-bond donors (Lipinski definition) is 18. The van der Waals surface area contributed by atoms with Crippen LogP contribution in [0.5, 0.6) is 0 Å². The van der Waals surface area contributed by atoms with Gasteiger partial charge in [0.2, 0.25) is 47.3 Å². The van der Waals surface area contributed by atoms with Gasteiger partial charge in [-0.3, -0.25) is 47.4 Å². The van der Waals surface area contributed by atoms with Crippen LogP contribution in [0.3, 0.4) is 0 Å². The summed E-state index contributed by atoms with van der Waals surface area (Å²) in [5.74, 6) is -4.24. The van der Waals surface area contributed by atoms with Crippen LogP contribution in [0, 0.1) is 0 Å². The first-order chi connectivity index (χ1) is 48.3. The Morgan fingerprint density at radius 2 is 0.752 bits per heavy atom. The maximum absolute atomic E-state index is 14.2. The molecular formula is C62H117N8O30P. The second-order valence-corrected chi connectivity index (χ2v) is 24.6. The fourth-order valence-electron chi connectivity index (χ4n) is 10.1. The molecule has 3 heterocycles. The summed E-state index contributed by atoms with van der Waals surface area (Å²) in [6.07, 6.45) is -13.3. The van der Waals surface area contributed by atoms with Gasteiger partial charge in [-0.25, -0.2) is 4.57 Å². The van der Waals surface area contributed by atoms with Crippen LogP contribution in [0.15, 0.2) is 0 Å². The summed E-state index contributed by atoms with van der Waals surface area (Å²) in [6, 6.07) is -5.84. The van der Waals surface area contributed by atoms with Crippen LogP contribution < -0.4 is 42.5 Å². The normalized spacial score (nSPS) is 25.9. The zero-order valence-electron chi connectivity index (χ0n) is 59.4. The fraction of sp³-hybridized carbons (Fsp3) is 0.871. The predicted molar refractivity (Wildman–Crippen MR) is 355 cm³/mol. The van der Waals surface area contributed by atoms with Crippen molar-refractivity contribution >= 4 is 55.1 Å². The summed E-state index contributed by atoms with van der Waals surface area (Å²) in [5, 5.41) is 112. The number of ether oxygens (including phenoxy) is 9. The van der Waals surface area contributed by atoms with E-state index in [0.717, 1.165) is 7.11 Å². The third kappa shape index (κ3) is 38.1. The van der Waals surface area contributed by atoms with E-state index in [-0.39, 0.29) is 136 Å². The van der Waals surface area contributed by atoms with E-state index in [1.807, 2.05) is 27.7 Å². The van der Waals surface area contributed by atoms with Crippen LogP contribution in [0.2, 0.25) is 0 Å². The molecule has 0 radical (unpaired) electrons. The van der Waals surface area contributed by atoms with Crippen molar-refractivity contribution in [2.75, 3.05) is 113 Å². The van der Waals surface area contributed by atoms with Crippen LogP contribution in [0.1, 0.15) is 132 Å². The van der Waals surface area contributed by atoms with Crippen molar-refractivity contribution in [2.45, 2.75) is 236 Å². The Morgan fingerprint density at radius 3 is 1.11 bits per heavy atom. The van der Waals surface area contributed by atoms with E-state index >= 15 is 0 Å². The van der Waals surface area contributed by atoms with E-state index in [2.05, 4.69) is 47.1 Å². The summed E-state index contributed by atoms with van der Waals surface area (Å²) in [7, 11) is -3.09. The van der Waals surface area contributed by atoms with Crippen molar-refractivity contribution < 1.29 is 145 Å². The zero-order valence-corrected chi connectivity index (χ0v) is 60.3. The van der Waals surface area contributed by atoms with Crippen molar-refractivity contribution in [1.82, 2.24) is 42.5 Å². The molecule has 3 rings (SSSR count). The molecule has 3 aliphatic rings. The van der Waals surface area contributed by atoms with E-state index in [9.17, 15) is 93.8 Å².